The van der Waals surface area contributed by atoms with Crippen molar-refractivity contribution in [2.45, 2.75) is 31.2 Å². The summed E-state index contributed by atoms with van der Waals surface area (Å²) in [5.41, 5.74) is 3.29. The molecule has 0 saturated carbocycles. The smallest absolute Gasteiger partial charge is 0.167 e. The second-order valence-corrected chi connectivity index (χ2v) is 11.6. The van der Waals surface area contributed by atoms with Crippen LogP contribution in [0.4, 0.5) is 0 Å². The number of carbonyl (C=O) groups is 1. The molecule has 1 atom stereocenters. The van der Waals surface area contributed by atoms with E-state index in [4.69, 9.17) is 4.98 Å². The van der Waals surface area contributed by atoms with Crippen molar-refractivity contribution in [2.24, 2.45) is 5.41 Å². The van der Waals surface area contributed by atoms with Gasteiger partial charge in [0.1, 0.15) is 0 Å². The van der Waals surface area contributed by atoms with Gasteiger partial charge in [-0.3, -0.25) is 9.69 Å². The molecule has 1 fully saturated rings. The Morgan fingerprint density at radius 1 is 1.06 bits per heavy atom. The summed E-state index contributed by atoms with van der Waals surface area (Å²) in [5.74, 6) is 0.207. The number of fused-ring (bicyclic) bond motifs is 1. The van der Waals surface area contributed by atoms with Crippen molar-refractivity contribution in [1.82, 2.24) is 9.88 Å². The number of thiophene rings is 1. The number of ketones is 1. The maximum Gasteiger partial charge on any atom is 0.167 e. The Labute approximate surface area is 215 Å². The van der Waals surface area contributed by atoms with Crippen LogP contribution in [-0.4, -0.2) is 35.0 Å². The van der Waals surface area contributed by atoms with Crippen molar-refractivity contribution >= 4 is 45.9 Å². The summed E-state index contributed by atoms with van der Waals surface area (Å²) in [6.07, 6.45) is 5.09. The molecule has 0 bridgehead atoms. The maximum atomic E-state index is 13.9. The van der Waals surface area contributed by atoms with Gasteiger partial charge < -0.3 is 0 Å². The second-order valence-electron chi connectivity index (χ2n) is 9.72. The summed E-state index contributed by atoms with van der Waals surface area (Å²) in [6.45, 7) is 5.77. The Balaban J connectivity index is 1.59. The third kappa shape index (κ3) is 5.13. The summed E-state index contributed by atoms with van der Waals surface area (Å²) in [4.78, 5) is 23.8. The average Bonchev–Trinajstić information content (AvgIpc) is 3.39. The number of piperidine rings is 1. The Morgan fingerprint density at radius 3 is 2.60 bits per heavy atom. The molecule has 0 spiro atoms. The van der Waals surface area contributed by atoms with Crippen LogP contribution in [-0.2, 0) is 11.2 Å². The van der Waals surface area contributed by atoms with Gasteiger partial charge in [-0.1, -0.05) is 56.3 Å². The molecule has 1 aliphatic rings. The van der Waals surface area contributed by atoms with E-state index in [-0.39, 0.29) is 11.8 Å². The van der Waals surface area contributed by atoms with Crippen LogP contribution in [0.25, 0.3) is 17.0 Å². The van der Waals surface area contributed by atoms with E-state index in [1.807, 2.05) is 30.3 Å². The standard InChI is InChI=1S/C30H30N2OS2/c1-30(2)20-32(17-16-25-8-6-18-35-25)28(22-11-14-24(34-3)15-12-22)26(29(30)33)19-23-13-10-21-7-4-5-9-27(21)31-23/h4-15,18-19,28H,16-17,20H2,1-3H3/b26-19-. The molecule has 2 aromatic carbocycles. The minimum absolute atomic E-state index is 0.0975. The van der Waals surface area contributed by atoms with Crippen LogP contribution in [0.5, 0.6) is 0 Å². The fourth-order valence-corrected chi connectivity index (χ4v) is 6.05. The first-order valence-corrected chi connectivity index (χ1v) is 14.1. The topological polar surface area (TPSA) is 33.2 Å². The van der Waals surface area contributed by atoms with Crippen LogP contribution in [0, 0.1) is 5.41 Å². The number of thioether (sulfide) groups is 1. The zero-order valence-electron chi connectivity index (χ0n) is 20.4. The van der Waals surface area contributed by atoms with E-state index in [0.29, 0.717) is 0 Å². The Kier molecular flexibility index (Phi) is 6.92. The van der Waals surface area contributed by atoms with Crippen molar-refractivity contribution < 1.29 is 4.79 Å². The van der Waals surface area contributed by atoms with Crippen LogP contribution >= 0.6 is 23.1 Å². The van der Waals surface area contributed by atoms with Gasteiger partial charge in [0.2, 0.25) is 0 Å². The highest BCUT2D eigenvalue weighted by atomic mass is 32.2. The number of benzene rings is 2. The molecule has 0 aliphatic carbocycles. The summed E-state index contributed by atoms with van der Waals surface area (Å²) in [7, 11) is 0. The lowest BCUT2D eigenvalue weighted by Gasteiger charge is -2.44. The first kappa shape index (κ1) is 24.0. The van der Waals surface area contributed by atoms with Gasteiger partial charge in [0.05, 0.1) is 17.3 Å². The van der Waals surface area contributed by atoms with Gasteiger partial charge in [0.25, 0.3) is 0 Å². The van der Waals surface area contributed by atoms with E-state index < -0.39 is 5.41 Å². The molecule has 2 aromatic heterocycles. The van der Waals surface area contributed by atoms with Crippen LogP contribution in [0.3, 0.4) is 0 Å². The van der Waals surface area contributed by atoms with Gasteiger partial charge >= 0.3 is 0 Å². The Bertz CT molecular complexity index is 1360. The summed E-state index contributed by atoms with van der Waals surface area (Å²) >= 11 is 3.53. The predicted molar refractivity (Wildman–Crippen MR) is 149 cm³/mol. The summed E-state index contributed by atoms with van der Waals surface area (Å²) in [5, 5.41) is 3.24. The van der Waals surface area contributed by atoms with Crippen LogP contribution in [0.2, 0.25) is 0 Å². The van der Waals surface area contributed by atoms with E-state index in [1.165, 1.54) is 9.77 Å². The number of Topliss-reactive ketones (excluding diaryl/α,β-unsaturated/α-hetero) is 1. The normalized spacial score (nSPS) is 19.5. The fraction of sp³-hybridized carbons (Fsp3) is 0.267. The highest BCUT2D eigenvalue weighted by Gasteiger charge is 2.43. The number of hydrogen-bond acceptors (Lipinski definition) is 5. The van der Waals surface area contributed by atoms with Crippen molar-refractivity contribution in [1.29, 1.82) is 0 Å². The minimum atomic E-state index is -0.464. The molecule has 0 N–H and O–H groups in total. The van der Waals surface area contributed by atoms with Crippen molar-refractivity contribution in [3.8, 4) is 0 Å². The van der Waals surface area contributed by atoms with Gasteiger partial charge in [0, 0.05) is 39.2 Å². The summed E-state index contributed by atoms with van der Waals surface area (Å²) in [6, 6.07) is 25.1. The SMILES string of the molecule is CSc1ccc(C2/C(=C/c3ccc4ccccc4n3)C(=O)C(C)(C)CN2CCc2cccs2)cc1. The Hall–Kier alpha value is -2.73. The quantitative estimate of drug-likeness (QED) is 0.206. The maximum absolute atomic E-state index is 13.9. The van der Waals surface area contributed by atoms with Crippen molar-refractivity contribution in [3.05, 3.63) is 99.9 Å². The van der Waals surface area contributed by atoms with Crippen molar-refractivity contribution in [3.63, 3.8) is 0 Å². The second kappa shape index (κ2) is 10.1. The molecular formula is C30H30N2OS2. The number of likely N-dealkylation sites (tertiary alicyclic amines) is 1. The molecule has 178 valence electrons. The van der Waals surface area contributed by atoms with E-state index in [0.717, 1.165) is 47.2 Å². The lowest BCUT2D eigenvalue weighted by molar-refractivity contribution is -0.128. The Morgan fingerprint density at radius 2 is 1.86 bits per heavy atom. The van der Waals surface area contributed by atoms with Gasteiger partial charge in [-0.15, -0.1) is 23.1 Å². The first-order chi connectivity index (χ1) is 16.9. The molecule has 4 aromatic rings. The molecule has 35 heavy (non-hydrogen) atoms. The van der Waals surface area contributed by atoms with Crippen LogP contribution < -0.4 is 0 Å². The van der Waals surface area contributed by atoms with Crippen LogP contribution in [0.15, 0.2) is 88.6 Å². The monoisotopic (exact) mass is 498 g/mol. The molecule has 5 heteroatoms. The molecule has 5 rings (SSSR count). The lowest BCUT2D eigenvalue weighted by atomic mass is 9.74. The number of para-hydroxylation sites is 1. The van der Waals surface area contributed by atoms with Crippen LogP contribution in [0.1, 0.15) is 36.0 Å². The molecule has 3 heterocycles. The predicted octanol–water partition coefficient (Wildman–Crippen LogP) is 7.30. The molecule has 3 nitrogen and oxygen atoms in total. The summed E-state index contributed by atoms with van der Waals surface area (Å²) < 4.78 is 0. The van der Waals surface area contributed by atoms with Gasteiger partial charge in [-0.2, -0.15) is 0 Å². The molecule has 0 amide bonds. The number of rotatable bonds is 6. The van der Waals surface area contributed by atoms with Crippen molar-refractivity contribution in [2.75, 3.05) is 19.3 Å². The van der Waals surface area contributed by atoms with Gasteiger partial charge in [0.15, 0.2) is 5.78 Å². The van der Waals surface area contributed by atoms with Gasteiger partial charge in [-0.05, 0) is 60.0 Å². The molecule has 1 unspecified atom stereocenters. The zero-order valence-corrected chi connectivity index (χ0v) is 22.0. The lowest BCUT2D eigenvalue weighted by Crippen LogP contribution is -2.49. The third-order valence-corrected chi connectivity index (χ3v) is 8.40. The van der Waals surface area contributed by atoms with E-state index in [1.54, 1.807) is 23.1 Å². The highest BCUT2D eigenvalue weighted by molar-refractivity contribution is 7.98. The number of pyridine rings is 1. The van der Waals surface area contributed by atoms with Gasteiger partial charge in [-0.25, -0.2) is 4.98 Å². The van der Waals surface area contributed by atoms with E-state index in [2.05, 4.69) is 78.9 Å². The minimum Gasteiger partial charge on any atom is -0.294 e. The number of carbonyl (C=O) groups excluding carboxylic acids is 1. The number of nitrogens with zero attached hydrogens (tertiary/aromatic N) is 2. The molecular weight excluding hydrogens is 468 g/mol. The molecule has 1 aliphatic heterocycles. The number of aromatic nitrogens is 1. The average molecular weight is 499 g/mol. The molecule has 1 saturated heterocycles. The number of hydrogen-bond donors (Lipinski definition) is 0. The third-order valence-electron chi connectivity index (χ3n) is 6.72. The molecule has 0 radical (unpaired) electrons. The van der Waals surface area contributed by atoms with E-state index in [9.17, 15) is 4.79 Å². The zero-order chi connectivity index (χ0) is 24.4. The highest BCUT2D eigenvalue weighted by Crippen LogP contribution is 2.42. The first-order valence-electron chi connectivity index (χ1n) is 12.0. The van der Waals surface area contributed by atoms with E-state index >= 15 is 0 Å². The largest absolute Gasteiger partial charge is 0.294 e. The fourth-order valence-electron chi connectivity index (χ4n) is 4.94.